The zero-order valence-electron chi connectivity index (χ0n) is 17.1. The number of fused-ring (bicyclic) bond motifs is 1. The molecule has 0 aliphatic carbocycles. The Morgan fingerprint density at radius 2 is 1.79 bits per heavy atom. The maximum atomic E-state index is 13.0. The van der Waals surface area contributed by atoms with E-state index in [-0.39, 0.29) is 11.3 Å². The van der Waals surface area contributed by atoms with Gasteiger partial charge in [-0.25, -0.2) is 0 Å². The maximum absolute atomic E-state index is 13.0. The summed E-state index contributed by atoms with van der Waals surface area (Å²) in [6.45, 7) is 2.55. The molecule has 0 radical (unpaired) electrons. The number of aryl methyl sites for hydroxylation is 1. The summed E-state index contributed by atoms with van der Waals surface area (Å²) in [6.07, 6.45) is 4.75. The SMILES string of the molecule is CCCCn1c(=O)c(C(=O)C=Cc2ccc(N(C)C)cc2)c(O)c2ccccc21. The molecule has 3 aromatic rings. The predicted octanol–water partition coefficient (Wildman–Crippen LogP) is 4.47. The van der Waals surface area contributed by atoms with Crippen LogP contribution in [-0.2, 0) is 6.54 Å². The zero-order chi connectivity index (χ0) is 21.0. The van der Waals surface area contributed by atoms with Gasteiger partial charge >= 0.3 is 0 Å². The number of pyridine rings is 1. The summed E-state index contributed by atoms with van der Waals surface area (Å²) in [5, 5.41) is 11.2. The van der Waals surface area contributed by atoms with Crippen molar-refractivity contribution in [3.8, 4) is 5.75 Å². The van der Waals surface area contributed by atoms with Crippen LogP contribution in [0.15, 0.2) is 59.4 Å². The van der Waals surface area contributed by atoms with E-state index in [0.29, 0.717) is 17.4 Å². The number of carbonyl (C=O) groups excluding carboxylic acids is 1. The molecule has 0 bridgehead atoms. The number of para-hydroxylation sites is 1. The largest absolute Gasteiger partial charge is 0.506 e. The number of ketones is 1. The van der Waals surface area contributed by atoms with Crippen LogP contribution in [0.4, 0.5) is 5.69 Å². The fourth-order valence-electron chi connectivity index (χ4n) is 3.29. The van der Waals surface area contributed by atoms with E-state index in [4.69, 9.17) is 0 Å². The predicted molar refractivity (Wildman–Crippen MR) is 119 cm³/mol. The molecule has 0 unspecified atom stereocenters. The van der Waals surface area contributed by atoms with Gasteiger partial charge in [-0.3, -0.25) is 9.59 Å². The third-order valence-corrected chi connectivity index (χ3v) is 4.96. The first-order valence-electron chi connectivity index (χ1n) is 9.78. The molecule has 29 heavy (non-hydrogen) atoms. The standard InChI is InChI=1S/C24H26N2O3/c1-4-5-16-26-20-9-7-6-8-19(20)23(28)22(24(26)29)21(27)15-12-17-10-13-18(14-11-17)25(2)3/h6-15,28H,4-5,16H2,1-3H3. The van der Waals surface area contributed by atoms with E-state index in [1.165, 1.54) is 6.08 Å². The van der Waals surface area contributed by atoms with Gasteiger partial charge < -0.3 is 14.6 Å². The van der Waals surface area contributed by atoms with Crippen molar-refractivity contribution in [3.63, 3.8) is 0 Å². The van der Waals surface area contributed by atoms with Crippen LogP contribution in [0.2, 0.25) is 0 Å². The highest BCUT2D eigenvalue weighted by atomic mass is 16.3. The van der Waals surface area contributed by atoms with E-state index >= 15 is 0 Å². The molecule has 0 saturated carbocycles. The normalized spacial score (nSPS) is 11.3. The van der Waals surface area contributed by atoms with Gasteiger partial charge in [0.2, 0.25) is 0 Å². The average Bonchev–Trinajstić information content (AvgIpc) is 2.72. The molecular formula is C24H26N2O3. The van der Waals surface area contributed by atoms with Crippen molar-refractivity contribution >= 4 is 28.4 Å². The Hall–Kier alpha value is -3.34. The summed E-state index contributed by atoms with van der Waals surface area (Å²) in [7, 11) is 3.92. The number of unbranched alkanes of at least 4 members (excludes halogenated alkanes) is 1. The number of rotatable bonds is 7. The fourth-order valence-corrected chi connectivity index (χ4v) is 3.29. The topological polar surface area (TPSA) is 62.5 Å². The minimum absolute atomic E-state index is 0.180. The van der Waals surface area contributed by atoms with Gasteiger partial charge in [0.25, 0.3) is 5.56 Å². The summed E-state index contributed by atoms with van der Waals surface area (Å²) >= 11 is 0. The zero-order valence-corrected chi connectivity index (χ0v) is 17.1. The van der Waals surface area contributed by atoms with Crippen LogP contribution in [0.1, 0.15) is 35.7 Å². The quantitative estimate of drug-likeness (QED) is 0.478. The molecule has 0 aliphatic rings. The van der Waals surface area contributed by atoms with Gasteiger partial charge in [-0.2, -0.15) is 0 Å². The molecule has 1 heterocycles. The molecule has 0 saturated heterocycles. The molecular weight excluding hydrogens is 364 g/mol. The van der Waals surface area contributed by atoms with Crippen molar-refractivity contribution in [2.75, 3.05) is 19.0 Å². The molecule has 5 nitrogen and oxygen atoms in total. The minimum Gasteiger partial charge on any atom is -0.506 e. The van der Waals surface area contributed by atoms with Crippen LogP contribution < -0.4 is 10.5 Å². The number of nitrogens with zero attached hydrogens (tertiary/aromatic N) is 2. The first-order valence-corrected chi connectivity index (χ1v) is 9.78. The Labute approximate surface area is 170 Å². The lowest BCUT2D eigenvalue weighted by molar-refractivity contribution is 0.104. The van der Waals surface area contributed by atoms with Crippen LogP contribution in [0.3, 0.4) is 0 Å². The van der Waals surface area contributed by atoms with Gasteiger partial charge in [0.05, 0.1) is 5.52 Å². The third kappa shape index (κ3) is 4.24. The van der Waals surface area contributed by atoms with Crippen LogP contribution >= 0.6 is 0 Å². The van der Waals surface area contributed by atoms with E-state index < -0.39 is 11.3 Å². The Morgan fingerprint density at radius 1 is 1.10 bits per heavy atom. The van der Waals surface area contributed by atoms with Crippen LogP contribution in [0.5, 0.6) is 5.75 Å². The molecule has 150 valence electrons. The molecule has 0 aliphatic heterocycles. The van der Waals surface area contributed by atoms with Crippen molar-refractivity contribution < 1.29 is 9.90 Å². The number of benzene rings is 2. The lowest BCUT2D eigenvalue weighted by Gasteiger charge is -2.13. The number of aromatic hydroxyl groups is 1. The van der Waals surface area contributed by atoms with Gasteiger partial charge in [-0.05, 0) is 42.3 Å². The molecule has 1 N–H and O–H groups in total. The second kappa shape index (κ2) is 8.78. The number of anilines is 1. The van der Waals surface area contributed by atoms with E-state index in [2.05, 4.69) is 0 Å². The Bertz CT molecular complexity index is 1110. The lowest BCUT2D eigenvalue weighted by atomic mass is 10.0. The first kappa shape index (κ1) is 20.4. The first-order chi connectivity index (χ1) is 13.9. The summed E-state index contributed by atoms with van der Waals surface area (Å²) in [4.78, 5) is 27.9. The van der Waals surface area contributed by atoms with Crippen molar-refractivity contribution in [1.29, 1.82) is 0 Å². The molecule has 3 rings (SSSR count). The van der Waals surface area contributed by atoms with E-state index in [0.717, 1.165) is 24.1 Å². The molecule has 1 aromatic heterocycles. The molecule has 0 spiro atoms. The highest BCUT2D eigenvalue weighted by molar-refractivity contribution is 6.11. The average molecular weight is 390 g/mol. The van der Waals surface area contributed by atoms with Gasteiger partial charge in [-0.1, -0.05) is 43.7 Å². The minimum atomic E-state index is -0.500. The Balaban J connectivity index is 2.01. The number of hydrogen-bond donors (Lipinski definition) is 1. The van der Waals surface area contributed by atoms with Gasteiger partial charge in [0.1, 0.15) is 11.3 Å². The van der Waals surface area contributed by atoms with E-state index in [1.54, 1.807) is 28.8 Å². The van der Waals surface area contributed by atoms with Crippen LogP contribution in [-0.4, -0.2) is 29.6 Å². The maximum Gasteiger partial charge on any atom is 0.266 e. The summed E-state index contributed by atoms with van der Waals surface area (Å²) in [5.41, 5.74) is 1.91. The fraction of sp³-hybridized carbons (Fsp3) is 0.250. The second-order valence-corrected chi connectivity index (χ2v) is 7.23. The number of aromatic nitrogens is 1. The van der Waals surface area contributed by atoms with Crippen LogP contribution in [0.25, 0.3) is 17.0 Å². The highest BCUT2D eigenvalue weighted by Crippen LogP contribution is 2.27. The smallest absolute Gasteiger partial charge is 0.266 e. The van der Waals surface area contributed by atoms with Gasteiger partial charge in [-0.15, -0.1) is 0 Å². The molecule has 2 aromatic carbocycles. The number of allylic oxidation sites excluding steroid dienone is 1. The summed E-state index contributed by atoms with van der Waals surface area (Å²) in [5.74, 6) is -0.754. The third-order valence-electron chi connectivity index (χ3n) is 4.96. The van der Waals surface area contributed by atoms with Crippen LogP contribution in [0, 0.1) is 0 Å². The molecule has 0 atom stereocenters. The number of carbonyl (C=O) groups is 1. The monoisotopic (exact) mass is 390 g/mol. The lowest BCUT2D eigenvalue weighted by Crippen LogP contribution is -2.26. The van der Waals surface area contributed by atoms with Crippen molar-refractivity contribution in [3.05, 3.63) is 76.1 Å². The second-order valence-electron chi connectivity index (χ2n) is 7.23. The van der Waals surface area contributed by atoms with Gasteiger partial charge in [0, 0.05) is 31.7 Å². The number of hydrogen-bond acceptors (Lipinski definition) is 4. The molecule has 0 amide bonds. The summed E-state index contributed by atoms with van der Waals surface area (Å²) < 4.78 is 1.59. The molecule has 0 fully saturated rings. The molecule has 5 heteroatoms. The summed E-state index contributed by atoms with van der Waals surface area (Å²) in [6, 6.07) is 14.8. The van der Waals surface area contributed by atoms with Crippen molar-refractivity contribution in [1.82, 2.24) is 4.57 Å². The van der Waals surface area contributed by atoms with E-state index in [9.17, 15) is 14.7 Å². The Kier molecular flexibility index (Phi) is 6.17. The van der Waals surface area contributed by atoms with Crippen molar-refractivity contribution in [2.45, 2.75) is 26.3 Å². The Morgan fingerprint density at radius 3 is 2.45 bits per heavy atom. The highest BCUT2D eigenvalue weighted by Gasteiger charge is 2.20. The van der Waals surface area contributed by atoms with E-state index in [1.807, 2.05) is 56.3 Å². The van der Waals surface area contributed by atoms with Gasteiger partial charge in [0.15, 0.2) is 5.78 Å². The van der Waals surface area contributed by atoms with Crippen molar-refractivity contribution in [2.24, 2.45) is 0 Å².